The summed E-state index contributed by atoms with van der Waals surface area (Å²) in [5.41, 5.74) is 5.31. The molecule has 4 nitrogen and oxygen atoms in total. The van der Waals surface area contributed by atoms with Gasteiger partial charge < -0.3 is 0 Å². The maximum Gasteiger partial charge on any atom is 0.241 e. The summed E-state index contributed by atoms with van der Waals surface area (Å²) in [4.78, 5) is 5.83. The molecule has 3 rings (SSSR count). The summed E-state index contributed by atoms with van der Waals surface area (Å²) in [6.45, 7) is 7.83. The van der Waals surface area contributed by atoms with E-state index in [2.05, 4.69) is 9.71 Å². The first-order valence-corrected chi connectivity index (χ1v) is 10.7. The van der Waals surface area contributed by atoms with Crippen molar-refractivity contribution in [2.24, 2.45) is 0 Å². The van der Waals surface area contributed by atoms with Gasteiger partial charge in [-0.05, 0) is 79.1 Å². The fraction of sp³-hybridized carbons (Fsp3) is 0.250. The number of nitrogens with zero attached hydrogens (tertiary/aromatic N) is 1. The van der Waals surface area contributed by atoms with Crippen LogP contribution in [0.3, 0.4) is 0 Å². The number of benzene rings is 1. The number of aromatic nitrogens is 1. The predicted molar refractivity (Wildman–Crippen MR) is 107 cm³/mol. The van der Waals surface area contributed by atoms with Gasteiger partial charge in [-0.1, -0.05) is 12.1 Å². The molecule has 2 aromatic heterocycles. The third-order valence-electron chi connectivity index (χ3n) is 4.63. The largest absolute Gasteiger partial charge is 0.255 e. The van der Waals surface area contributed by atoms with E-state index in [1.165, 1.54) is 0 Å². The van der Waals surface area contributed by atoms with Crippen molar-refractivity contribution in [3.63, 3.8) is 0 Å². The molecule has 1 N–H and O–H groups in total. The van der Waals surface area contributed by atoms with Gasteiger partial charge in [-0.2, -0.15) is 0 Å². The van der Waals surface area contributed by atoms with Crippen molar-refractivity contribution < 1.29 is 8.42 Å². The van der Waals surface area contributed by atoms with Crippen LogP contribution < -0.4 is 4.72 Å². The van der Waals surface area contributed by atoms with Crippen molar-refractivity contribution in [1.82, 2.24) is 9.71 Å². The minimum atomic E-state index is -3.60. The second-order valence-electron chi connectivity index (χ2n) is 6.44. The summed E-state index contributed by atoms with van der Waals surface area (Å²) < 4.78 is 28.6. The third kappa shape index (κ3) is 3.72. The van der Waals surface area contributed by atoms with Gasteiger partial charge in [0.1, 0.15) is 0 Å². The Morgan fingerprint density at radius 1 is 1.04 bits per heavy atom. The van der Waals surface area contributed by atoms with Crippen LogP contribution in [-0.4, -0.2) is 13.4 Å². The number of aryl methyl sites for hydroxylation is 2. The van der Waals surface area contributed by atoms with Gasteiger partial charge in [0.05, 0.1) is 15.5 Å². The summed E-state index contributed by atoms with van der Waals surface area (Å²) in [6.07, 6.45) is 1.71. The molecular formula is C20H22N2O2S2. The van der Waals surface area contributed by atoms with Gasteiger partial charge in [-0.15, -0.1) is 11.3 Å². The predicted octanol–water partition coefficient (Wildman–Crippen LogP) is 4.52. The van der Waals surface area contributed by atoms with E-state index in [1.54, 1.807) is 17.5 Å². The van der Waals surface area contributed by atoms with E-state index in [-0.39, 0.29) is 6.54 Å². The van der Waals surface area contributed by atoms with E-state index >= 15 is 0 Å². The second-order valence-corrected chi connectivity index (χ2v) is 9.09. The average Bonchev–Trinajstić information content (AvgIpc) is 3.13. The summed E-state index contributed by atoms with van der Waals surface area (Å²) in [7, 11) is -3.60. The smallest absolute Gasteiger partial charge is 0.241 e. The standard InChI is InChI=1S/C20H22N2O2S2/c1-13-10-14(2)16(4)20(15(13)3)26(23,24)22-12-17-7-8-21-18(11-17)19-6-5-9-25-19/h5-11,22H,12H2,1-4H3. The van der Waals surface area contributed by atoms with Crippen molar-refractivity contribution in [3.8, 4) is 10.6 Å². The van der Waals surface area contributed by atoms with E-state index in [1.807, 2.05) is 63.4 Å². The van der Waals surface area contributed by atoms with E-state index in [0.717, 1.165) is 38.4 Å². The number of thiophene rings is 1. The van der Waals surface area contributed by atoms with Crippen LogP contribution in [0.15, 0.2) is 46.8 Å². The van der Waals surface area contributed by atoms with Crippen molar-refractivity contribution in [2.45, 2.75) is 39.1 Å². The second kappa shape index (κ2) is 7.31. The van der Waals surface area contributed by atoms with E-state index in [0.29, 0.717) is 4.90 Å². The van der Waals surface area contributed by atoms with Crippen molar-refractivity contribution >= 4 is 21.4 Å². The van der Waals surface area contributed by atoms with Crippen LogP contribution in [0, 0.1) is 27.7 Å². The molecule has 0 saturated carbocycles. The quantitative estimate of drug-likeness (QED) is 0.701. The first-order valence-electron chi connectivity index (χ1n) is 8.35. The highest BCUT2D eigenvalue weighted by molar-refractivity contribution is 7.89. The normalized spacial score (nSPS) is 11.7. The molecule has 0 aliphatic heterocycles. The van der Waals surface area contributed by atoms with Crippen molar-refractivity contribution in [3.05, 3.63) is 69.7 Å². The van der Waals surface area contributed by atoms with E-state index in [9.17, 15) is 8.42 Å². The molecule has 0 bridgehead atoms. The summed E-state index contributed by atoms with van der Waals surface area (Å²) in [5.74, 6) is 0. The fourth-order valence-electron chi connectivity index (χ4n) is 2.98. The molecule has 0 aliphatic rings. The lowest BCUT2D eigenvalue weighted by atomic mass is 10.0. The van der Waals surface area contributed by atoms with Crippen molar-refractivity contribution in [2.75, 3.05) is 0 Å². The number of rotatable bonds is 5. The number of pyridine rings is 1. The van der Waals surface area contributed by atoms with Gasteiger partial charge in [0.15, 0.2) is 0 Å². The Morgan fingerprint density at radius 3 is 2.35 bits per heavy atom. The highest BCUT2D eigenvalue weighted by Crippen LogP contribution is 2.26. The van der Waals surface area contributed by atoms with Crippen LogP contribution in [0.2, 0.25) is 0 Å². The lowest BCUT2D eigenvalue weighted by molar-refractivity contribution is 0.579. The van der Waals surface area contributed by atoms with Crippen LogP contribution in [-0.2, 0) is 16.6 Å². The number of sulfonamides is 1. The Labute approximate surface area is 159 Å². The Hall–Kier alpha value is -2.02. The number of nitrogens with one attached hydrogen (secondary N) is 1. The monoisotopic (exact) mass is 386 g/mol. The zero-order valence-corrected chi connectivity index (χ0v) is 17.0. The van der Waals surface area contributed by atoms with E-state index in [4.69, 9.17) is 0 Å². The molecule has 0 aliphatic carbocycles. The summed E-state index contributed by atoms with van der Waals surface area (Å²) in [5, 5.41) is 2.00. The Balaban J connectivity index is 1.87. The lowest BCUT2D eigenvalue weighted by Gasteiger charge is -2.16. The minimum absolute atomic E-state index is 0.231. The van der Waals surface area contributed by atoms with E-state index < -0.39 is 10.0 Å². The lowest BCUT2D eigenvalue weighted by Crippen LogP contribution is -2.25. The molecule has 0 fully saturated rings. The molecule has 0 saturated heterocycles. The minimum Gasteiger partial charge on any atom is -0.255 e. The van der Waals surface area contributed by atoms with Crippen LogP contribution in [0.25, 0.3) is 10.6 Å². The van der Waals surface area contributed by atoms with Gasteiger partial charge in [-0.3, -0.25) is 4.98 Å². The first kappa shape index (κ1) is 18.8. The molecule has 0 spiro atoms. The highest BCUT2D eigenvalue weighted by atomic mass is 32.2. The molecule has 2 heterocycles. The molecule has 0 unspecified atom stereocenters. The van der Waals surface area contributed by atoms with Gasteiger partial charge in [0, 0.05) is 12.7 Å². The summed E-state index contributed by atoms with van der Waals surface area (Å²) in [6, 6.07) is 9.77. The molecule has 0 amide bonds. The topological polar surface area (TPSA) is 59.1 Å². The zero-order valence-electron chi connectivity index (χ0n) is 15.3. The summed E-state index contributed by atoms with van der Waals surface area (Å²) >= 11 is 1.61. The van der Waals surface area contributed by atoms with Crippen LogP contribution >= 0.6 is 11.3 Å². The Kier molecular flexibility index (Phi) is 5.27. The molecule has 0 atom stereocenters. The zero-order chi connectivity index (χ0) is 18.9. The molecular weight excluding hydrogens is 364 g/mol. The molecule has 0 radical (unpaired) electrons. The van der Waals surface area contributed by atoms with Gasteiger partial charge in [0.25, 0.3) is 0 Å². The number of hydrogen-bond donors (Lipinski definition) is 1. The molecule has 26 heavy (non-hydrogen) atoms. The van der Waals surface area contributed by atoms with Crippen LogP contribution in [0.4, 0.5) is 0 Å². The average molecular weight is 387 g/mol. The van der Waals surface area contributed by atoms with Crippen molar-refractivity contribution in [1.29, 1.82) is 0 Å². The fourth-order valence-corrected chi connectivity index (χ4v) is 5.30. The number of hydrogen-bond acceptors (Lipinski definition) is 4. The van der Waals surface area contributed by atoms with Gasteiger partial charge in [-0.25, -0.2) is 13.1 Å². The first-order chi connectivity index (χ1) is 12.3. The SMILES string of the molecule is Cc1cc(C)c(C)c(S(=O)(=O)NCc2ccnc(-c3cccs3)c2)c1C. The third-order valence-corrected chi connectivity index (χ3v) is 7.20. The Morgan fingerprint density at radius 2 is 1.73 bits per heavy atom. The maximum atomic E-state index is 12.9. The maximum absolute atomic E-state index is 12.9. The van der Waals surface area contributed by atoms with Crippen LogP contribution in [0.5, 0.6) is 0 Å². The molecule has 136 valence electrons. The molecule has 6 heteroatoms. The highest BCUT2D eigenvalue weighted by Gasteiger charge is 2.21. The van der Waals surface area contributed by atoms with Gasteiger partial charge in [0.2, 0.25) is 10.0 Å². The Bertz CT molecular complexity index is 1010. The molecule has 3 aromatic rings. The van der Waals surface area contributed by atoms with Crippen LogP contribution in [0.1, 0.15) is 27.8 Å². The molecule has 1 aromatic carbocycles. The van der Waals surface area contributed by atoms with Gasteiger partial charge >= 0.3 is 0 Å².